The molecule has 0 spiro atoms. The average molecular weight is 348 g/mol. The Morgan fingerprint density at radius 3 is 2.42 bits per heavy atom. The molecule has 0 bridgehead atoms. The SMILES string of the molecule is CCOc1ccc([C@H](C)NC(=O)COc2ccc(Cl)c(C)c2)cc1. The number of benzene rings is 2. The number of hydrogen-bond donors (Lipinski definition) is 1. The van der Waals surface area contributed by atoms with Crippen molar-refractivity contribution in [2.75, 3.05) is 13.2 Å². The molecule has 1 amide bonds. The zero-order valence-corrected chi connectivity index (χ0v) is 14.9. The normalized spacial score (nSPS) is 11.7. The van der Waals surface area contributed by atoms with Crippen molar-refractivity contribution in [2.45, 2.75) is 26.8 Å². The van der Waals surface area contributed by atoms with Gasteiger partial charge in [0.05, 0.1) is 12.6 Å². The number of amides is 1. The third-order valence-corrected chi connectivity index (χ3v) is 3.99. The predicted molar refractivity (Wildman–Crippen MR) is 95.9 cm³/mol. The van der Waals surface area contributed by atoms with E-state index in [1.807, 2.05) is 51.1 Å². The molecule has 128 valence electrons. The molecule has 0 aliphatic heterocycles. The quantitative estimate of drug-likeness (QED) is 0.812. The lowest BCUT2D eigenvalue weighted by Crippen LogP contribution is -2.31. The van der Waals surface area contributed by atoms with Crippen LogP contribution in [-0.4, -0.2) is 19.1 Å². The van der Waals surface area contributed by atoms with Gasteiger partial charge in [-0.3, -0.25) is 4.79 Å². The molecule has 0 fully saturated rings. The number of hydrogen-bond acceptors (Lipinski definition) is 3. The molecular formula is C19H22ClNO3. The number of ether oxygens (including phenoxy) is 2. The van der Waals surface area contributed by atoms with E-state index in [9.17, 15) is 4.79 Å². The molecular weight excluding hydrogens is 326 g/mol. The molecule has 1 atom stereocenters. The summed E-state index contributed by atoms with van der Waals surface area (Å²) < 4.78 is 10.9. The smallest absolute Gasteiger partial charge is 0.258 e. The van der Waals surface area contributed by atoms with Gasteiger partial charge in [0.15, 0.2) is 6.61 Å². The fourth-order valence-corrected chi connectivity index (χ4v) is 2.36. The minimum atomic E-state index is -0.177. The molecule has 24 heavy (non-hydrogen) atoms. The highest BCUT2D eigenvalue weighted by atomic mass is 35.5. The van der Waals surface area contributed by atoms with Crippen LogP contribution in [0.3, 0.4) is 0 Å². The van der Waals surface area contributed by atoms with Crippen LogP contribution in [-0.2, 0) is 4.79 Å². The summed E-state index contributed by atoms with van der Waals surface area (Å²) in [5.74, 6) is 1.27. The maximum Gasteiger partial charge on any atom is 0.258 e. The third kappa shape index (κ3) is 5.17. The zero-order chi connectivity index (χ0) is 17.5. The number of halogens is 1. The van der Waals surface area contributed by atoms with Crippen molar-refractivity contribution in [2.24, 2.45) is 0 Å². The summed E-state index contributed by atoms with van der Waals surface area (Å²) in [7, 11) is 0. The molecule has 2 aromatic carbocycles. The van der Waals surface area contributed by atoms with E-state index in [1.165, 1.54) is 0 Å². The summed E-state index contributed by atoms with van der Waals surface area (Å²) in [4.78, 5) is 12.0. The van der Waals surface area contributed by atoms with E-state index >= 15 is 0 Å². The predicted octanol–water partition coefficient (Wildman–Crippen LogP) is 4.30. The molecule has 0 aliphatic carbocycles. The van der Waals surface area contributed by atoms with Gasteiger partial charge in [-0.2, -0.15) is 0 Å². The summed E-state index contributed by atoms with van der Waals surface area (Å²) in [5.41, 5.74) is 1.92. The van der Waals surface area contributed by atoms with E-state index in [0.717, 1.165) is 16.9 Å². The van der Waals surface area contributed by atoms with E-state index < -0.39 is 0 Å². The number of nitrogens with one attached hydrogen (secondary N) is 1. The fraction of sp³-hybridized carbons (Fsp3) is 0.316. The Bertz CT molecular complexity index is 686. The Morgan fingerprint density at radius 1 is 1.12 bits per heavy atom. The van der Waals surface area contributed by atoms with Gasteiger partial charge in [-0.25, -0.2) is 0 Å². The minimum absolute atomic E-state index is 0.0392. The van der Waals surface area contributed by atoms with E-state index in [-0.39, 0.29) is 18.6 Å². The standard InChI is InChI=1S/C19H22ClNO3/c1-4-23-16-7-5-15(6-8-16)14(3)21-19(22)12-24-17-9-10-18(20)13(2)11-17/h5-11,14H,4,12H2,1-3H3,(H,21,22)/t14-/m0/s1. The Labute approximate surface area is 147 Å². The monoisotopic (exact) mass is 347 g/mol. The molecule has 4 nitrogen and oxygen atoms in total. The van der Waals surface area contributed by atoms with Crippen molar-refractivity contribution in [1.29, 1.82) is 0 Å². The summed E-state index contributed by atoms with van der Waals surface area (Å²) in [6.07, 6.45) is 0. The molecule has 0 saturated heterocycles. The molecule has 0 heterocycles. The van der Waals surface area contributed by atoms with Gasteiger partial charge in [-0.15, -0.1) is 0 Å². The summed E-state index contributed by atoms with van der Waals surface area (Å²) >= 11 is 5.97. The summed E-state index contributed by atoms with van der Waals surface area (Å²) in [5, 5.41) is 3.59. The van der Waals surface area contributed by atoms with Gasteiger partial charge in [0.25, 0.3) is 5.91 Å². The van der Waals surface area contributed by atoms with Gasteiger partial charge in [0.2, 0.25) is 0 Å². The first-order valence-electron chi connectivity index (χ1n) is 7.90. The Morgan fingerprint density at radius 2 is 1.79 bits per heavy atom. The van der Waals surface area contributed by atoms with Gasteiger partial charge in [-0.05, 0) is 62.2 Å². The van der Waals surface area contributed by atoms with Crippen LogP contribution in [0.2, 0.25) is 5.02 Å². The van der Waals surface area contributed by atoms with Crippen molar-refractivity contribution in [3.05, 3.63) is 58.6 Å². The van der Waals surface area contributed by atoms with Crippen LogP contribution in [0.4, 0.5) is 0 Å². The second-order valence-corrected chi connectivity index (χ2v) is 5.90. The van der Waals surface area contributed by atoms with Gasteiger partial charge >= 0.3 is 0 Å². The van der Waals surface area contributed by atoms with E-state index in [4.69, 9.17) is 21.1 Å². The first-order chi connectivity index (χ1) is 11.5. The number of carbonyl (C=O) groups excluding carboxylic acids is 1. The van der Waals surface area contributed by atoms with E-state index in [0.29, 0.717) is 17.4 Å². The number of carbonyl (C=O) groups is 1. The first-order valence-corrected chi connectivity index (χ1v) is 8.28. The van der Waals surface area contributed by atoms with Crippen molar-refractivity contribution in [3.8, 4) is 11.5 Å². The molecule has 5 heteroatoms. The first kappa shape index (κ1) is 18.1. The minimum Gasteiger partial charge on any atom is -0.494 e. The molecule has 0 radical (unpaired) electrons. The van der Waals surface area contributed by atoms with Crippen molar-refractivity contribution < 1.29 is 14.3 Å². The third-order valence-electron chi connectivity index (χ3n) is 3.57. The van der Waals surface area contributed by atoms with Crippen LogP contribution in [0.15, 0.2) is 42.5 Å². The van der Waals surface area contributed by atoms with Crippen LogP contribution in [0.1, 0.15) is 31.0 Å². The van der Waals surface area contributed by atoms with Crippen molar-refractivity contribution in [1.82, 2.24) is 5.32 Å². The van der Waals surface area contributed by atoms with Crippen LogP contribution >= 0.6 is 11.6 Å². The second-order valence-electron chi connectivity index (χ2n) is 5.49. The van der Waals surface area contributed by atoms with Crippen molar-refractivity contribution in [3.63, 3.8) is 0 Å². The maximum absolute atomic E-state index is 12.0. The topological polar surface area (TPSA) is 47.6 Å². The lowest BCUT2D eigenvalue weighted by molar-refractivity contribution is -0.123. The van der Waals surface area contributed by atoms with Crippen LogP contribution in [0.5, 0.6) is 11.5 Å². The average Bonchev–Trinajstić information content (AvgIpc) is 2.57. The largest absolute Gasteiger partial charge is 0.494 e. The number of rotatable bonds is 7. The van der Waals surface area contributed by atoms with Gasteiger partial charge < -0.3 is 14.8 Å². The molecule has 2 rings (SSSR count). The Hall–Kier alpha value is -2.20. The molecule has 1 N–H and O–H groups in total. The lowest BCUT2D eigenvalue weighted by atomic mass is 10.1. The van der Waals surface area contributed by atoms with Crippen LogP contribution in [0.25, 0.3) is 0 Å². The highest BCUT2D eigenvalue weighted by Crippen LogP contribution is 2.21. The molecule has 0 aliphatic rings. The highest BCUT2D eigenvalue weighted by molar-refractivity contribution is 6.31. The fourth-order valence-electron chi connectivity index (χ4n) is 2.24. The second kappa shape index (κ2) is 8.60. The van der Waals surface area contributed by atoms with Gasteiger partial charge in [0, 0.05) is 5.02 Å². The van der Waals surface area contributed by atoms with E-state index in [2.05, 4.69) is 5.32 Å². The molecule has 0 unspecified atom stereocenters. The molecule has 0 aromatic heterocycles. The van der Waals surface area contributed by atoms with E-state index in [1.54, 1.807) is 12.1 Å². The maximum atomic E-state index is 12.0. The Balaban J connectivity index is 1.85. The summed E-state index contributed by atoms with van der Waals surface area (Å²) in [6, 6.07) is 12.9. The van der Waals surface area contributed by atoms with Crippen LogP contribution < -0.4 is 14.8 Å². The van der Waals surface area contributed by atoms with Crippen molar-refractivity contribution >= 4 is 17.5 Å². The van der Waals surface area contributed by atoms with Gasteiger partial charge in [-0.1, -0.05) is 23.7 Å². The van der Waals surface area contributed by atoms with Crippen LogP contribution in [0, 0.1) is 6.92 Å². The zero-order valence-electron chi connectivity index (χ0n) is 14.1. The Kier molecular flexibility index (Phi) is 6.50. The molecule has 2 aromatic rings. The van der Waals surface area contributed by atoms with Gasteiger partial charge in [0.1, 0.15) is 11.5 Å². The highest BCUT2D eigenvalue weighted by Gasteiger charge is 2.10. The summed E-state index contributed by atoms with van der Waals surface area (Å²) in [6.45, 7) is 6.36. The lowest BCUT2D eigenvalue weighted by Gasteiger charge is -2.15. The number of aryl methyl sites for hydroxylation is 1. The molecule has 0 saturated carbocycles.